The van der Waals surface area contributed by atoms with E-state index < -0.39 is 35.4 Å². The number of halogens is 5. The maximum absolute atomic E-state index is 13.1. The van der Waals surface area contributed by atoms with E-state index in [1.165, 1.54) is 6.07 Å². The zero-order chi connectivity index (χ0) is 11.6. The van der Waals surface area contributed by atoms with Crippen molar-refractivity contribution < 1.29 is 22.0 Å². The van der Waals surface area contributed by atoms with Gasteiger partial charge in [-0.25, -0.2) is 8.78 Å². The fourth-order valence-electron chi connectivity index (χ4n) is 1.08. The monoisotopic (exact) mass is 221 g/mol. The Hall–Kier alpha value is -1.64. The summed E-state index contributed by atoms with van der Waals surface area (Å²) in [6.07, 6.45) is -5.63. The summed E-state index contributed by atoms with van der Waals surface area (Å²) in [4.78, 5) is 0. The van der Waals surface area contributed by atoms with Crippen LogP contribution < -0.4 is 0 Å². The normalized spacial score (nSPS) is 11.2. The van der Waals surface area contributed by atoms with Gasteiger partial charge in [0.05, 0.1) is 12.5 Å². The molecule has 0 N–H and O–H groups in total. The van der Waals surface area contributed by atoms with Crippen LogP contribution in [0.15, 0.2) is 12.1 Å². The smallest absolute Gasteiger partial charge is 0.206 e. The van der Waals surface area contributed by atoms with Gasteiger partial charge in [-0.05, 0) is 6.07 Å². The molecule has 0 atom stereocenters. The Labute approximate surface area is 81.7 Å². The fraction of sp³-hybridized carbons (Fsp3) is 0.222. The molecule has 0 bridgehead atoms. The van der Waals surface area contributed by atoms with Crippen LogP contribution >= 0.6 is 0 Å². The van der Waals surface area contributed by atoms with Crippen molar-refractivity contribution in [1.82, 2.24) is 0 Å². The molecular weight excluding hydrogens is 217 g/mol. The zero-order valence-corrected chi connectivity index (χ0v) is 7.20. The predicted octanol–water partition coefficient (Wildman–Crippen LogP) is 3.05. The molecule has 0 spiro atoms. The third kappa shape index (κ3) is 2.24. The minimum absolute atomic E-state index is 0.466. The first kappa shape index (κ1) is 11.4. The number of nitriles is 1. The van der Waals surface area contributed by atoms with Crippen LogP contribution in [0.4, 0.5) is 22.0 Å². The maximum atomic E-state index is 13.1. The summed E-state index contributed by atoms with van der Waals surface area (Å²) < 4.78 is 62.3. The highest BCUT2D eigenvalue weighted by atomic mass is 19.4. The summed E-state index contributed by atoms with van der Waals surface area (Å²) in [6.45, 7) is 0. The fourth-order valence-corrected chi connectivity index (χ4v) is 1.08. The third-order valence-electron chi connectivity index (χ3n) is 1.72. The molecule has 6 heteroatoms. The highest BCUT2D eigenvalue weighted by molar-refractivity contribution is 5.31. The molecule has 0 fully saturated rings. The van der Waals surface area contributed by atoms with E-state index in [2.05, 4.69) is 0 Å². The molecule has 0 aliphatic carbocycles. The molecule has 0 unspecified atom stereocenters. The Morgan fingerprint density at radius 1 is 1.20 bits per heavy atom. The standard InChI is InChI=1S/C9H4F5N/c10-6-2-1-5(3-4-15)8(11)7(6)9(12,13)14/h1-2H,3H2. The van der Waals surface area contributed by atoms with E-state index in [0.29, 0.717) is 6.07 Å². The number of hydrogen-bond donors (Lipinski definition) is 0. The molecule has 1 nitrogen and oxygen atoms in total. The lowest BCUT2D eigenvalue weighted by Gasteiger charge is -2.10. The Balaban J connectivity index is 3.38. The maximum Gasteiger partial charge on any atom is 0.422 e. The van der Waals surface area contributed by atoms with Gasteiger partial charge >= 0.3 is 6.18 Å². The van der Waals surface area contributed by atoms with Gasteiger partial charge < -0.3 is 0 Å². The SMILES string of the molecule is N#CCc1ccc(F)c(C(F)(F)F)c1F. The molecule has 0 radical (unpaired) electrons. The van der Waals surface area contributed by atoms with Crippen molar-refractivity contribution in [1.29, 1.82) is 5.26 Å². The van der Waals surface area contributed by atoms with E-state index >= 15 is 0 Å². The molecule has 0 aromatic heterocycles. The summed E-state index contributed by atoms with van der Waals surface area (Å²) >= 11 is 0. The lowest BCUT2D eigenvalue weighted by atomic mass is 10.1. The van der Waals surface area contributed by atoms with Crippen molar-refractivity contribution in [3.63, 3.8) is 0 Å². The van der Waals surface area contributed by atoms with Gasteiger partial charge in [-0.1, -0.05) is 6.07 Å². The van der Waals surface area contributed by atoms with Crippen LogP contribution in [0.5, 0.6) is 0 Å². The summed E-state index contributed by atoms with van der Waals surface area (Å²) in [5.74, 6) is -3.40. The van der Waals surface area contributed by atoms with Gasteiger partial charge in [-0.15, -0.1) is 0 Å². The van der Waals surface area contributed by atoms with Crippen LogP contribution in [0.1, 0.15) is 11.1 Å². The van der Waals surface area contributed by atoms with Gasteiger partial charge in [0, 0.05) is 5.56 Å². The van der Waals surface area contributed by atoms with Gasteiger partial charge in [0.1, 0.15) is 17.2 Å². The topological polar surface area (TPSA) is 23.8 Å². The average Bonchev–Trinajstić information content (AvgIpc) is 2.08. The Morgan fingerprint density at radius 3 is 2.27 bits per heavy atom. The first-order valence-corrected chi connectivity index (χ1v) is 3.79. The van der Waals surface area contributed by atoms with Crippen LogP contribution in [0.2, 0.25) is 0 Å². The van der Waals surface area contributed by atoms with Gasteiger partial charge in [-0.3, -0.25) is 0 Å². The Kier molecular flexibility index (Phi) is 2.93. The van der Waals surface area contributed by atoms with Crippen molar-refractivity contribution in [2.45, 2.75) is 12.6 Å². The summed E-state index contributed by atoms with van der Waals surface area (Å²) in [6, 6.07) is 2.81. The first-order chi connectivity index (χ1) is 6.88. The second-order valence-corrected chi connectivity index (χ2v) is 2.73. The summed E-state index contributed by atoms with van der Waals surface area (Å²) in [5.41, 5.74) is -2.42. The van der Waals surface area contributed by atoms with Crippen LogP contribution in [-0.2, 0) is 12.6 Å². The average molecular weight is 221 g/mol. The Bertz CT molecular complexity index is 416. The highest BCUT2D eigenvalue weighted by Crippen LogP contribution is 2.34. The van der Waals surface area contributed by atoms with Gasteiger partial charge in [0.2, 0.25) is 0 Å². The second kappa shape index (κ2) is 3.85. The highest BCUT2D eigenvalue weighted by Gasteiger charge is 2.38. The van der Waals surface area contributed by atoms with Crippen molar-refractivity contribution in [3.8, 4) is 6.07 Å². The minimum Gasteiger partial charge on any atom is -0.206 e. The Morgan fingerprint density at radius 2 is 1.80 bits per heavy atom. The molecule has 1 aromatic carbocycles. The summed E-state index contributed by atoms with van der Waals surface area (Å²) in [7, 11) is 0. The van der Waals surface area contributed by atoms with Crippen molar-refractivity contribution in [2.24, 2.45) is 0 Å². The van der Waals surface area contributed by atoms with Crippen molar-refractivity contribution in [3.05, 3.63) is 34.9 Å². The predicted molar refractivity (Wildman–Crippen MR) is 40.7 cm³/mol. The number of benzene rings is 1. The van der Waals surface area contributed by atoms with Crippen LogP contribution in [0.25, 0.3) is 0 Å². The molecule has 0 heterocycles. The number of rotatable bonds is 1. The first-order valence-electron chi connectivity index (χ1n) is 3.79. The molecule has 1 rings (SSSR count). The van der Waals surface area contributed by atoms with Gasteiger partial charge in [0.15, 0.2) is 0 Å². The van der Waals surface area contributed by atoms with E-state index in [0.717, 1.165) is 6.07 Å². The molecule has 80 valence electrons. The van der Waals surface area contributed by atoms with Gasteiger partial charge in [-0.2, -0.15) is 18.4 Å². The molecule has 1 aromatic rings. The molecule has 0 saturated heterocycles. The van der Waals surface area contributed by atoms with Crippen LogP contribution in [0.3, 0.4) is 0 Å². The molecule has 15 heavy (non-hydrogen) atoms. The van der Waals surface area contributed by atoms with E-state index in [9.17, 15) is 22.0 Å². The molecule has 0 saturated carbocycles. The molecular formula is C9H4F5N. The lowest BCUT2D eigenvalue weighted by molar-refractivity contribution is -0.142. The van der Waals surface area contributed by atoms with Gasteiger partial charge in [0.25, 0.3) is 0 Å². The second-order valence-electron chi connectivity index (χ2n) is 2.73. The minimum atomic E-state index is -5.10. The van der Waals surface area contributed by atoms with E-state index in [1.54, 1.807) is 0 Å². The molecule has 0 aliphatic rings. The number of hydrogen-bond acceptors (Lipinski definition) is 1. The van der Waals surface area contributed by atoms with Crippen molar-refractivity contribution >= 4 is 0 Å². The van der Waals surface area contributed by atoms with Crippen LogP contribution in [0, 0.1) is 23.0 Å². The number of nitrogens with zero attached hydrogens (tertiary/aromatic N) is 1. The quantitative estimate of drug-likeness (QED) is 0.668. The zero-order valence-electron chi connectivity index (χ0n) is 7.20. The van der Waals surface area contributed by atoms with Crippen LogP contribution in [-0.4, -0.2) is 0 Å². The lowest BCUT2D eigenvalue weighted by Crippen LogP contribution is -2.13. The summed E-state index contributed by atoms with van der Waals surface area (Å²) in [5, 5.41) is 8.22. The van der Waals surface area contributed by atoms with Crippen molar-refractivity contribution in [2.75, 3.05) is 0 Å². The van der Waals surface area contributed by atoms with E-state index in [1.807, 2.05) is 0 Å². The third-order valence-corrected chi connectivity index (χ3v) is 1.72. The molecule has 0 amide bonds. The van der Waals surface area contributed by atoms with E-state index in [-0.39, 0.29) is 0 Å². The number of alkyl halides is 3. The molecule has 0 aliphatic heterocycles. The van der Waals surface area contributed by atoms with E-state index in [4.69, 9.17) is 5.26 Å². The largest absolute Gasteiger partial charge is 0.422 e.